The standard InChI is InChI=1S/C18H15FIN5O3/c1-21-14-9-22-8-11-15(23-13-4-3-10(20)7-12(13)19)17(25(2)16(11)14)18(27)24-28-6-5-26/h3-4,7-9,23,26H,5-6H2,2H3,(H,24,27). The van der Waals surface area contributed by atoms with Crippen molar-refractivity contribution >= 4 is 56.5 Å². The lowest BCUT2D eigenvalue weighted by atomic mass is 10.2. The molecule has 0 fully saturated rings. The third-order valence-electron chi connectivity index (χ3n) is 3.96. The molecule has 0 aliphatic heterocycles. The van der Waals surface area contributed by atoms with Crippen molar-refractivity contribution < 1.29 is 19.1 Å². The third-order valence-corrected chi connectivity index (χ3v) is 4.63. The number of halogens is 2. The van der Waals surface area contributed by atoms with Crippen molar-refractivity contribution in [3.63, 3.8) is 0 Å². The van der Waals surface area contributed by atoms with Gasteiger partial charge in [-0.05, 0) is 40.8 Å². The lowest BCUT2D eigenvalue weighted by molar-refractivity contribution is 0.0163. The first-order valence-electron chi connectivity index (χ1n) is 8.06. The Morgan fingerprint density at radius 2 is 2.25 bits per heavy atom. The predicted octanol–water partition coefficient (Wildman–Crippen LogP) is 3.27. The second-order valence-electron chi connectivity index (χ2n) is 5.70. The van der Waals surface area contributed by atoms with Crippen LogP contribution in [0.5, 0.6) is 0 Å². The molecule has 144 valence electrons. The van der Waals surface area contributed by atoms with Crippen molar-refractivity contribution in [1.82, 2.24) is 15.0 Å². The normalized spacial score (nSPS) is 10.7. The number of carbonyl (C=O) groups is 1. The van der Waals surface area contributed by atoms with Crippen LogP contribution in [0.4, 0.5) is 21.5 Å². The summed E-state index contributed by atoms with van der Waals surface area (Å²) >= 11 is 2.00. The van der Waals surface area contributed by atoms with E-state index in [1.807, 2.05) is 22.6 Å². The Bertz CT molecular complexity index is 1090. The van der Waals surface area contributed by atoms with Gasteiger partial charge in [0, 0.05) is 28.4 Å². The molecule has 1 amide bonds. The SMILES string of the molecule is [C-]#[N+]c1cncc2c(Nc3ccc(I)cc3F)c(C(=O)NOCCO)n(C)c12. The minimum Gasteiger partial charge on any atom is -0.394 e. The zero-order valence-electron chi connectivity index (χ0n) is 14.7. The number of hydrogen-bond acceptors (Lipinski definition) is 5. The van der Waals surface area contributed by atoms with Gasteiger partial charge in [0.05, 0.1) is 36.7 Å². The van der Waals surface area contributed by atoms with Crippen molar-refractivity contribution in [3.8, 4) is 0 Å². The number of nitrogens with zero attached hydrogens (tertiary/aromatic N) is 3. The van der Waals surface area contributed by atoms with Crippen LogP contribution >= 0.6 is 22.6 Å². The molecule has 8 nitrogen and oxygen atoms in total. The average molecular weight is 495 g/mol. The number of nitrogens with one attached hydrogen (secondary N) is 2. The number of aryl methyl sites for hydroxylation is 1. The van der Waals surface area contributed by atoms with Crippen molar-refractivity contribution in [2.24, 2.45) is 7.05 Å². The lowest BCUT2D eigenvalue weighted by Crippen LogP contribution is -2.27. The molecule has 0 aliphatic carbocycles. The van der Waals surface area contributed by atoms with E-state index < -0.39 is 11.7 Å². The van der Waals surface area contributed by atoms with Gasteiger partial charge in [-0.25, -0.2) is 14.7 Å². The molecular formula is C18H15FIN5O3. The largest absolute Gasteiger partial charge is 0.394 e. The Morgan fingerprint density at radius 1 is 1.46 bits per heavy atom. The molecule has 0 atom stereocenters. The second kappa shape index (κ2) is 8.51. The van der Waals surface area contributed by atoms with Gasteiger partial charge in [0.1, 0.15) is 11.5 Å². The lowest BCUT2D eigenvalue weighted by Gasteiger charge is -2.11. The maximum Gasteiger partial charge on any atom is 0.293 e. The van der Waals surface area contributed by atoms with Crippen LogP contribution in [0.15, 0.2) is 30.6 Å². The zero-order chi connectivity index (χ0) is 20.3. The number of hydroxylamine groups is 1. The van der Waals surface area contributed by atoms with Gasteiger partial charge in [-0.15, -0.1) is 0 Å². The van der Waals surface area contributed by atoms with E-state index in [9.17, 15) is 9.18 Å². The molecule has 0 spiro atoms. The number of pyridine rings is 1. The van der Waals surface area contributed by atoms with Gasteiger partial charge in [-0.2, -0.15) is 0 Å². The van der Waals surface area contributed by atoms with Crippen LogP contribution in [0.25, 0.3) is 15.7 Å². The van der Waals surface area contributed by atoms with Gasteiger partial charge >= 0.3 is 0 Å². The topological polar surface area (TPSA) is 92.8 Å². The highest BCUT2D eigenvalue weighted by Gasteiger charge is 2.24. The van der Waals surface area contributed by atoms with Gasteiger partial charge in [-0.3, -0.25) is 14.6 Å². The highest BCUT2D eigenvalue weighted by Crippen LogP contribution is 2.37. The fraction of sp³-hybridized carbons (Fsp3) is 0.167. The Morgan fingerprint density at radius 3 is 2.93 bits per heavy atom. The summed E-state index contributed by atoms with van der Waals surface area (Å²) in [4.78, 5) is 25.1. The summed E-state index contributed by atoms with van der Waals surface area (Å²) in [5.74, 6) is -1.10. The van der Waals surface area contributed by atoms with E-state index in [0.29, 0.717) is 16.6 Å². The number of carbonyl (C=O) groups excluding carboxylic acids is 1. The molecule has 2 aromatic heterocycles. The van der Waals surface area contributed by atoms with E-state index in [2.05, 4.69) is 20.6 Å². The first kappa shape index (κ1) is 20.0. The summed E-state index contributed by atoms with van der Waals surface area (Å²) in [6.07, 6.45) is 2.90. The number of fused-ring (bicyclic) bond motifs is 1. The summed E-state index contributed by atoms with van der Waals surface area (Å²) in [7, 11) is 1.62. The molecule has 28 heavy (non-hydrogen) atoms. The van der Waals surface area contributed by atoms with Crippen LogP contribution in [0.2, 0.25) is 0 Å². The van der Waals surface area contributed by atoms with Crippen molar-refractivity contribution in [2.45, 2.75) is 0 Å². The molecule has 0 unspecified atom stereocenters. The Kier molecular flexibility index (Phi) is 6.08. The van der Waals surface area contributed by atoms with Crippen LogP contribution in [0.1, 0.15) is 10.5 Å². The molecule has 0 aliphatic rings. The number of amides is 1. The molecule has 10 heteroatoms. The molecular weight excluding hydrogens is 480 g/mol. The predicted molar refractivity (Wildman–Crippen MR) is 110 cm³/mol. The Balaban J connectivity index is 2.17. The first-order valence-corrected chi connectivity index (χ1v) is 9.14. The summed E-state index contributed by atoms with van der Waals surface area (Å²) in [6, 6.07) is 4.65. The first-order chi connectivity index (χ1) is 13.5. The second-order valence-corrected chi connectivity index (χ2v) is 6.95. The highest BCUT2D eigenvalue weighted by atomic mass is 127. The van der Waals surface area contributed by atoms with Gasteiger partial charge in [0.15, 0.2) is 0 Å². The molecule has 0 radical (unpaired) electrons. The summed E-state index contributed by atoms with van der Waals surface area (Å²) in [5, 5.41) is 12.2. The van der Waals surface area contributed by atoms with Gasteiger partial charge in [-0.1, -0.05) is 0 Å². The van der Waals surface area contributed by atoms with Crippen LogP contribution in [0, 0.1) is 16.0 Å². The smallest absolute Gasteiger partial charge is 0.293 e. The number of anilines is 2. The maximum atomic E-state index is 14.4. The van der Waals surface area contributed by atoms with E-state index in [-0.39, 0.29) is 30.3 Å². The van der Waals surface area contributed by atoms with Crippen LogP contribution in [-0.2, 0) is 11.9 Å². The van der Waals surface area contributed by atoms with Crippen molar-refractivity contribution in [1.29, 1.82) is 0 Å². The third kappa shape index (κ3) is 3.77. The Labute approximate surface area is 173 Å². The molecule has 1 aromatic carbocycles. The number of rotatable bonds is 6. The summed E-state index contributed by atoms with van der Waals surface area (Å²) < 4.78 is 16.6. The molecule has 2 heterocycles. The van der Waals surface area contributed by atoms with E-state index in [4.69, 9.17) is 16.5 Å². The Hall–Kier alpha value is -2.75. The van der Waals surface area contributed by atoms with Crippen molar-refractivity contribution in [2.75, 3.05) is 18.5 Å². The van der Waals surface area contributed by atoms with Crippen molar-refractivity contribution in [3.05, 3.63) is 57.1 Å². The number of hydrogen-bond donors (Lipinski definition) is 3. The number of benzene rings is 1. The number of aliphatic hydroxyl groups is 1. The molecule has 3 N–H and O–H groups in total. The van der Waals surface area contributed by atoms with Crippen LogP contribution in [0.3, 0.4) is 0 Å². The monoisotopic (exact) mass is 495 g/mol. The minimum atomic E-state index is -0.614. The minimum absolute atomic E-state index is 0.0843. The summed E-state index contributed by atoms with van der Waals surface area (Å²) in [6.45, 7) is 7.01. The molecule has 3 rings (SSSR count). The quantitative estimate of drug-likeness (QED) is 0.211. The van der Waals surface area contributed by atoms with Crippen LogP contribution in [-0.4, -0.2) is 33.8 Å². The average Bonchev–Trinajstić information content (AvgIpc) is 2.96. The van der Waals surface area contributed by atoms with Crippen LogP contribution < -0.4 is 10.8 Å². The fourth-order valence-corrected chi connectivity index (χ4v) is 3.25. The number of aliphatic hydroxyl groups excluding tert-OH is 1. The highest BCUT2D eigenvalue weighted by molar-refractivity contribution is 14.1. The molecule has 0 saturated carbocycles. The van der Waals surface area contributed by atoms with E-state index in [1.54, 1.807) is 19.2 Å². The van der Waals surface area contributed by atoms with Gasteiger partial charge in [0.2, 0.25) is 5.69 Å². The molecule has 0 bridgehead atoms. The maximum absolute atomic E-state index is 14.4. The zero-order valence-corrected chi connectivity index (χ0v) is 16.8. The molecule has 3 aromatic rings. The number of aromatic nitrogens is 2. The van der Waals surface area contributed by atoms with Gasteiger partial charge in [0.25, 0.3) is 5.91 Å². The van der Waals surface area contributed by atoms with E-state index in [0.717, 1.165) is 3.57 Å². The fourth-order valence-electron chi connectivity index (χ4n) is 2.80. The van der Waals surface area contributed by atoms with E-state index in [1.165, 1.54) is 23.0 Å². The molecule has 0 saturated heterocycles. The summed E-state index contributed by atoms with van der Waals surface area (Å²) in [5.41, 5.74) is 3.56. The van der Waals surface area contributed by atoms with Gasteiger partial charge < -0.3 is 15.0 Å². The van der Waals surface area contributed by atoms with E-state index >= 15 is 0 Å².